The van der Waals surface area contributed by atoms with Crippen molar-refractivity contribution in [2.24, 2.45) is 0 Å². The maximum absolute atomic E-state index is 12.5. The Morgan fingerprint density at radius 3 is 2.59 bits per heavy atom. The maximum atomic E-state index is 12.5. The van der Waals surface area contributed by atoms with Gasteiger partial charge < -0.3 is 19.5 Å². The zero-order chi connectivity index (χ0) is 16.3. The van der Waals surface area contributed by atoms with Gasteiger partial charge in [-0.25, -0.2) is 4.79 Å². The number of ether oxygens (including phenoxy) is 1. The van der Waals surface area contributed by atoms with E-state index in [1.165, 1.54) is 6.20 Å². The predicted molar refractivity (Wildman–Crippen MR) is 82.1 cm³/mol. The van der Waals surface area contributed by atoms with Crippen molar-refractivity contribution in [2.75, 3.05) is 19.8 Å². The Hall–Kier alpha value is -2.18. The Morgan fingerprint density at radius 2 is 2.00 bits per heavy atom. The van der Waals surface area contributed by atoms with Crippen molar-refractivity contribution >= 4 is 16.9 Å². The molecule has 1 aromatic heterocycles. The molecule has 0 aliphatic rings. The summed E-state index contributed by atoms with van der Waals surface area (Å²) in [5.41, 5.74) is 0.910. The van der Waals surface area contributed by atoms with Crippen molar-refractivity contribution in [3.63, 3.8) is 0 Å². The van der Waals surface area contributed by atoms with Gasteiger partial charge in [0.15, 0.2) is 0 Å². The number of pyridine rings is 1. The lowest BCUT2D eigenvalue weighted by atomic mass is 10.1. The molecule has 2 aromatic rings. The van der Waals surface area contributed by atoms with Crippen LogP contribution in [0.3, 0.4) is 0 Å². The molecule has 6 nitrogen and oxygen atoms in total. The fourth-order valence-electron chi connectivity index (χ4n) is 2.36. The highest BCUT2D eigenvalue weighted by molar-refractivity contribution is 5.94. The third kappa shape index (κ3) is 2.88. The Bertz CT molecular complexity index is 746. The normalized spacial score (nSPS) is 11.1. The maximum Gasteiger partial charge on any atom is 0.343 e. The van der Waals surface area contributed by atoms with Crippen molar-refractivity contribution in [1.82, 2.24) is 4.57 Å². The molecule has 1 aromatic carbocycles. The molecule has 6 heteroatoms. The van der Waals surface area contributed by atoms with Gasteiger partial charge in [0.25, 0.3) is 0 Å². The second-order valence-corrected chi connectivity index (χ2v) is 5.04. The lowest BCUT2D eigenvalue weighted by Gasteiger charge is -2.20. The number of hydrogen-bond donors (Lipinski definition) is 2. The molecule has 118 valence electrons. The minimum Gasteiger partial charge on any atom is -0.462 e. The number of nitrogens with zero attached hydrogens (tertiary/aromatic N) is 1. The number of hydrogen-bond acceptors (Lipinski definition) is 5. The Labute approximate surface area is 127 Å². The van der Waals surface area contributed by atoms with Crippen LogP contribution in [0.2, 0.25) is 0 Å². The number of fused-ring (bicyclic) bond motifs is 1. The van der Waals surface area contributed by atoms with Crippen LogP contribution in [0.15, 0.2) is 29.2 Å². The number of esters is 1. The predicted octanol–water partition coefficient (Wildman–Crippen LogP) is 1.01. The summed E-state index contributed by atoms with van der Waals surface area (Å²) in [5.74, 6) is -0.709. The molecule has 1 heterocycles. The van der Waals surface area contributed by atoms with Crippen LogP contribution in [0, 0.1) is 6.92 Å². The molecule has 2 N–H and O–H groups in total. The first kappa shape index (κ1) is 16.2. The molecule has 0 spiro atoms. The summed E-state index contributed by atoms with van der Waals surface area (Å²) in [7, 11) is 0. The molecule has 0 fully saturated rings. The van der Waals surface area contributed by atoms with Gasteiger partial charge in [0.2, 0.25) is 5.43 Å². The van der Waals surface area contributed by atoms with E-state index >= 15 is 0 Å². The van der Waals surface area contributed by atoms with E-state index in [1.807, 2.05) is 13.0 Å². The number of aryl methyl sites for hydroxylation is 1. The van der Waals surface area contributed by atoms with Gasteiger partial charge in [-0.3, -0.25) is 4.79 Å². The van der Waals surface area contributed by atoms with E-state index in [2.05, 4.69) is 0 Å². The first-order valence-electron chi connectivity index (χ1n) is 7.07. The fourth-order valence-corrected chi connectivity index (χ4v) is 2.36. The van der Waals surface area contributed by atoms with Gasteiger partial charge in [-0.2, -0.15) is 0 Å². The molecular formula is C16H19NO5. The van der Waals surface area contributed by atoms with Gasteiger partial charge in [0.1, 0.15) is 5.56 Å². The molecule has 0 saturated carbocycles. The lowest BCUT2D eigenvalue weighted by molar-refractivity contribution is 0.0523. The smallest absolute Gasteiger partial charge is 0.343 e. The Kier molecular flexibility index (Phi) is 4.95. The standard InChI is InChI=1S/C16H19NO5/c1-3-22-16(21)13-7-17(11(8-18)9-19)14-5-4-10(2)6-12(14)15(13)20/h4-7,11,18-19H,3,8-9H2,1-2H3. The third-order valence-electron chi connectivity index (χ3n) is 3.50. The number of aliphatic hydroxyl groups is 2. The highest BCUT2D eigenvalue weighted by atomic mass is 16.5. The van der Waals surface area contributed by atoms with E-state index in [9.17, 15) is 19.8 Å². The summed E-state index contributed by atoms with van der Waals surface area (Å²) < 4.78 is 6.46. The average molecular weight is 305 g/mol. The first-order valence-corrected chi connectivity index (χ1v) is 7.07. The fraction of sp³-hybridized carbons (Fsp3) is 0.375. The first-order chi connectivity index (χ1) is 10.5. The van der Waals surface area contributed by atoms with Gasteiger partial charge in [-0.1, -0.05) is 11.6 Å². The molecule has 22 heavy (non-hydrogen) atoms. The highest BCUT2D eigenvalue weighted by Gasteiger charge is 2.19. The second-order valence-electron chi connectivity index (χ2n) is 5.04. The highest BCUT2D eigenvalue weighted by Crippen LogP contribution is 2.19. The average Bonchev–Trinajstić information content (AvgIpc) is 2.51. The van der Waals surface area contributed by atoms with Crippen molar-refractivity contribution in [1.29, 1.82) is 0 Å². The lowest BCUT2D eigenvalue weighted by Crippen LogP contribution is -2.25. The van der Waals surface area contributed by atoms with E-state index in [4.69, 9.17) is 4.74 Å². The summed E-state index contributed by atoms with van der Waals surface area (Å²) in [6.45, 7) is 3.03. The van der Waals surface area contributed by atoms with Crippen LogP contribution < -0.4 is 5.43 Å². The monoisotopic (exact) mass is 305 g/mol. The SMILES string of the molecule is CCOC(=O)c1cn(C(CO)CO)c2ccc(C)cc2c1=O. The van der Waals surface area contributed by atoms with Crippen LogP contribution in [0.5, 0.6) is 0 Å². The summed E-state index contributed by atoms with van der Waals surface area (Å²) >= 11 is 0. The van der Waals surface area contributed by atoms with Crippen LogP contribution in [-0.2, 0) is 4.74 Å². The number of rotatable bonds is 5. The van der Waals surface area contributed by atoms with Gasteiger partial charge in [0.05, 0.1) is 31.4 Å². The molecule has 0 unspecified atom stereocenters. The number of aliphatic hydroxyl groups excluding tert-OH is 2. The number of carbonyl (C=O) groups excluding carboxylic acids is 1. The molecule has 0 saturated heterocycles. The number of benzene rings is 1. The van der Waals surface area contributed by atoms with E-state index < -0.39 is 17.4 Å². The van der Waals surface area contributed by atoms with Crippen LogP contribution in [0.25, 0.3) is 10.9 Å². The topological polar surface area (TPSA) is 88.8 Å². The van der Waals surface area contributed by atoms with Crippen molar-refractivity contribution < 1.29 is 19.7 Å². The molecule has 0 atom stereocenters. The molecule has 0 aliphatic heterocycles. The van der Waals surface area contributed by atoms with Gasteiger partial charge in [-0.15, -0.1) is 0 Å². The van der Waals surface area contributed by atoms with E-state index in [-0.39, 0.29) is 25.4 Å². The molecule has 0 aliphatic carbocycles. The molecule has 2 rings (SSSR count). The molecule has 0 amide bonds. The largest absolute Gasteiger partial charge is 0.462 e. The zero-order valence-corrected chi connectivity index (χ0v) is 12.6. The number of aromatic nitrogens is 1. The van der Waals surface area contributed by atoms with Crippen LogP contribution in [-0.4, -0.2) is 40.6 Å². The molecule has 0 radical (unpaired) electrons. The summed E-state index contributed by atoms with van der Waals surface area (Å²) in [4.78, 5) is 24.5. The minimum absolute atomic E-state index is 0.105. The van der Waals surface area contributed by atoms with Gasteiger partial charge in [-0.05, 0) is 26.0 Å². The van der Waals surface area contributed by atoms with E-state index in [1.54, 1.807) is 23.6 Å². The molecule has 0 bridgehead atoms. The Morgan fingerprint density at radius 1 is 1.32 bits per heavy atom. The van der Waals surface area contributed by atoms with Gasteiger partial charge >= 0.3 is 5.97 Å². The van der Waals surface area contributed by atoms with Crippen LogP contribution >= 0.6 is 0 Å². The minimum atomic E-state index is -0.709. The van der Waals surface area contributed by atoms with Crippen LogP contribution in [0.4, 0.5) is 0 Å². The van der Waals surface area contributed by atoms with Crippen molar-refractivity contribution in [2.45, 2.75) is 19.9 Å². The Balaban J connectivity index is 2.80. The summed E-state index contributed by atoms with van der Waals surface area (Å²) in [6, 6.07) is 4.61. The number of carbonyl (C=O) groups is 1. The second kappa shape index (κ2) is 6.72. The quantitative estimate of drug-likeness (QED) is 0.805. The van der Waals surface area contributed by atoms with Crippen LogP contribution in [0.1, 0.15) is 28.9 Å². The van der Waals surface area contributed by atoms with Crippen molar-refractivity contribution in [3.05, 3.63) is 45.7 Å². The molecular weight excluding hydrogens is 286 g/mol. The van der Waals surface area contributed by atoms with Crippen molar-refractivity contribution in [3.8, 4) is 0 Å². The third-order valence-corrected chi connectivity index (χ3v) is 3.50. The summed E-state index contributed by atoms with van der Waals surface area (Å²) in [5, 5.41) is 19.2. The van der Waals surface area contributed by atoms with Gasteiger partial charge in [0, 0.05) is 11.6 Å². The van der Waals surface area contributed by atoms with E-state index in [0.717, 1.165) is 5.56 Å². The summed E-state index contributed by atoms with van der Waals surface area (Å²) in [6.07, 6.45) is 1.34. The zero-order valence-electron chi connectivity index (χ0n) is 12.6. The van der Waals surface area contributed by atoms with E-state index in [0.29, 0.717) is 10.9 Å².